The molecule has 3 aromatic rings. The number of nitrogens with zero attached hydrogens (tertiary/aromatic N) is 1. The van der Waals surface area contributed by atoms with Gasteiger partial charge in [0.05, 0.1) is 0 Å². The Morgan fingerprint density at radius 3 is 2.67 bits per heavy atom. The number of nitrogens with one attached hydrogen (secondary N) is 1. The van der Waals surface area contributed by atoms with Crippen molar-refractivity contribution in [3.8, 4) is 0 Å². The number of aromatic nitrogens is 1. The molecular weight excluding hydrogens is 364 g/mol. The molecule has 124 valence electrons. The SMILES string of the molecule is Cn1cc(CCCC(=O)NCc2ccccc2Br)c2ccccc21. The number of carbonyl (C=O) groups is 1. The zero-order valence-electron chi connectivity index (χ0n) is 13.8. The number of hydrogen-bond donors (Lipinski definition) is 1. The molecule has 1 heterocycles. The minimum Gasteiger partial charge on any atom is -0.352 e. The van der Waals surface area contributed by atoms with Crippen molar-refractivity contribution in [1.29, 1.82) is 0 Å². The van der Waals surface area contributed by atoms with Gasteiger partial charge in [-0.3, -0.25) is 4.79 Å². The van der Waals surface area contributed by atoms with Crippen LogP contribution in [-0.2, 0) is 24.8 Å². The first kappa shape index (κ1) is 16.8. The number of rotatable bonds is 6. The number of para-hydroxylation sites is 1. The Morgan fingerprint density at radius 2 is 1.83 bits per heavy atom. The van der Waals surface area contributed by atoms with Gasteiger partial charge in [0.2, 0.25) is 5.91 Å². The molecule has 0 aliphatic heterocycles. The molecule has 0 bridgehead atoms. The number of fused-ring (bicyclic) bond motifs is 1. The van der Waals surface area contributed by atoms with E-state index < -0.39 is 0 Å². The first-order valence-corrected chi connectivity index (χ1v) is 8.97. The molecule has 0 aliphatic carbocycles. The quantitative estimate of drug-likeness (QED) is 0.662. The van der Waals surface area contributed by atoms with Crippen molar-refractivity contribution < 1.29 is 4.79 Å². The van der Waals surface area contributed by atoms with E-state index in [4.69, 9.17) is 0 Å². The fourth-order valence-corrected chi connectivity index (χ4v) is 3.41. The zero-order valence-corrected chi connectivity index (χ0v) is 15.3. The van der Waals surface area contributed by atoms with Gasteiger partial charge in [0, 0.05) is 41.6 Å². The van der Waals surface area contributed by atoms with Crippen LogP contribution in [0.5, 0.6) is 0 Å². The number of carbonyl (C=O) groups excluding carboxylic acids is 1. The molecule has 1 amide bonds. The fourth-order valence-electron chi connectivity index (χ4n) is 2.99. The maximum absolute atomic E-state index is 12.1. The third kappa shape index (κ3) is 3.88. The molecule has 0 radical (unpaired) electrons. The van der Waals surface area contributed by atoms with Crippen LogP contribution in [0.3, 0.4) is 0 Å². The summed E-state index contributed by atoms with van der Waals surface area (Å²) in [5.74, 6) is 0.103. The Labute approximate surface area is 150 Å². The van der Waals surface area contributed by atoms with Gasteiger partial charge in [0.1, 0.15) is 0 Å². The summed E-state index contributed by atoms with van der Waals surface area (Å²) in [7, 11) is 2.07. The Morgan fingerprint density at radius 1 is 1.08 bits per heavy atom. The van der Waals surface area contributed by atoms with Crippen LogP contribution in [-0.4, -0.2) is 10.5 Å². The van der Waals surface area contributed by atoms with Crippen LogP contribution in [0.1, 0.15) is 24.0 Å². The number of benzene rings is 2. The van der Waals surface area contributed by atoms with E-state index in [1.165, 1.54) is 16.5 Å². The Kier molecular flexibility index (Phi) is 5.36. The van der Waals surface area contributed by atoms with E-state index in [9.17, 15) is 4.79 Å². The van der Waals surface area contributed by atoms with E-state index in [2.05, 4.69) is 63.3 Å². The summed E-state index contributed by atoms with van der Waals surface area (Å²) in [4.78, 5) is 12.1. The van der Waals surface area contributed by atoms with Crippen LogP contribution >= 0.6 is 15.9 Å². The van der Waals surface area contributed by atoms with Gasteiger partial charge in [-0.1, -0.05) is 52.3 Å². The maximum atomic E-state index is 12.1. The van der Waals surface area contributed by atoms with Crippen LogP contribution < -0.4 is 5.32 Å². The summed E-state index contributed by atoms with van der Waals surface area (Å²) in [6, 6.07) is 16.4. The largest absolute Gasteiger partial charge is 0.352 e. The summed E-state index contributed by atoms with van der Waals surface area (Å²) in [5.41, 5.74) is 3.65. The number of hydrogen-bond acceptors (Lipinski definition) is 1. The molecule has 24 heavy (non-hydrogen) atoms. The van der Waals surface area contributed by atoms with Crippen LogP contribution in [0.15, 0.2) is 59.2 Å². The van der Waals surface area contributed by atoms with E-state index in [-0.39, 0.29) is 5.91 Å². The molecule has 2 aromatic carbocycles. The lowest BCUT2D eigenvalue weighted by atomic mass is 10.1. The average molecular weight is 385 g/mol. The Bertz CT molecular complexity index is 854. The lowest BCUT2D eigenvalue weighted by Crippen LogP contribution is -2.22. The molecule has 3 rings (SSSR count). The van der Waals surface area contributed by atoms with Crippen molar-refractivity contribution in [3.05, 3.63) is 70.3 Å². The highest BCUT2D eigenvalue weighted by Gasteiger charge is 2.08. The summed E-state index contributed by atoms with van der Waals surface area (Å²) in [6.07, 6.45) is 4.50. The topological polar surface area (TPSA) is 34.0 Å². The molecule has 1 N–H and O–H groups in total. The molecule has 0 fully saturated rings. The minimum atomic E-state index is 0.103. The first-order chi connectivity index (χ1) is 11.6. The van der Waals surface area contributed by atoms with Crippen molar-refractivity contribution in [2.75, 3.05) is 0 Å². The monoisotopic (exact) mass is 384 g/mol. The molecule has 1 aromatic heterocycles. The van der Waals surface area contributed by atoms with Crippen molar-refractivity contribution in [1.82, 2.24) is 9.88 Å². The zero-order chi connectivity index (χ0) is 16.9. The molecule has 0 saturated heterocycles. The van der Waals surface area contributed by atoms with E-state index in [1.807, 2.05) is 24.3 Å². The van der Waals surface area contributed by atoms with Crippen LogP contribution in [0, 0.1) is 0 Å². The highest BCUT2D eigenvalue weighted by Crippen LogP contribution is 2.22. The molecule has 0 atom stereocenters. The Hall–Kier alpha value is -2.07. The van der Waals surface area contributed by atoms with Gasteiger partial charge in [-0.05, 0) is 36.1 Å². The van der Waals surface area contributed by atoms with Crippen LogP contribution in [0.2, 0.25) is 0 Å². The number of halogens is 1. The maximum Gasteiger partial charge on any atom is 0.220 e. The van der Waals surface area contributed by atoms with E-state index in [1.54, 1.807) is 0 Å². The summed E-state index contributed by atoms with van der Waals surface area (Å²) in [6.45, 7) is 0.564. The minimum absolute atomic E-state index is 0.103. The molecular formula is C20H21BrN2O. The summed E-state index contributed by atoms with van der Waals surface area (Å²) < 4.78 is 3.18. The standard InChI is InChI=1S/C20H21BrN2O/c1-23-14-16(17-9-3-5-11-19(17)23)8-6-12-20(24)22-13-15-7-2-4-10-18(15)21/h2-5,7,9-11,14H,6,8,12-13H2,1H3,(H,22,24). The summed E-state index contributed by atoms with van der Waals surface area (Å²) >= 11 is 3.50. The predicted octanol–water partition coefficient (Wildman–Crippen LogP) is 4.58. The van der Waals surface area contributed by atoms with Crippen molar-refractivity contribution in [2.45, 2.75) is 25.8 Å². The van der Waals surface area contributed by atoms with E-state index in [0.717, 1.165) is 22.9 Å². The molecule has 4 heteroatoms. The highest BCUT2D eigenvalue weighted by molar-refractivity contribution is 9.10. The fraction of sp³-hybridized carbons (Fsp3) is 0.250. The highest BCUT2D eigenvalue weighted by atomic mass is 79.9. The second-order valence-corrected chi connectivity index (χ2v) is 6.86. The van der Waals surface area contributed by atoms with Gasteiger partial charge in [-0.2, -0.15) is 0 Å². The van der Waals surface area contributed by atoms with E-state index >= 15 is 0 Å². The molecule has 0 unspecified atom stereocenters. The van der Waals surface area contributed by atoms with Crippen molar-refractivity contribution in [3.63, 3.8) is 0 Å². The van der Waals surface area contributed by atoms with E-state index in [0.29, 0.717) is 13.0 Å². The van der Waals surface area contributed by atoms with Gasteiger partial charge >= 0.3 is 0 Å². The smallest absolute Gasteiger partial charge is 0.220 e. The number of aryl methyl sites for hydroxylation is 2. The first-order valence-electron chi connectivity index (χ1n) is 8.18. The molecule has 0 aliphatic rings. The third-order valence-electron chi connectivity index (χ3n) is 4.26. The Balaban J connectivity index is 1.51. The van der Waals surface area contributed by atoms with Crippen molar-refractivity contribution >= 4 is 32.7 Å². The predicted molar refractivity (Wildman–Crippen MR) is 102 cm³/mol. The van der Waals surface area contributed by atoms with Crippen LogP contribution in [0.25, 0.3) is 10.9 Å². The average Bonchev–Trinajstić information content (AvgIpc) is 2.91. The molecule has 3 nitrogen and oxygen atoms in total. The normalized spacial score (nSPS) is 10.9. The van der Waals surface area contributed by atoms with Crippen molar-refractivity contribution in [2.24, 2.45) is 7.05 Å². The summed E-state index contributed by atoms with van der Waals surface area (Å²) in [5, 5.41) is 4.28. The van der Waals surface area contributed by atoms with Crippen LogP contribution in [0.4, 0.5) is 0 Å². The lowest BCUT2D eigenvalue weighted by molar-refractivity contribution is -0.121. The lowest BCUT2D eigenvalue weighted by Gasteiger charge is -2.07. The second kappa shape index (κ2) is 7.67. The van der Waals surface area contributed by atoms with Gasteiger partial charge < -0.3 is 9.88 Å². The van der Waals surface area contributed by atoms with Gasteiger partial charge in [0.15, 0.2) is 0 Å². The number of amides is 1. The van der Waals surface area contributed by atoms with Gasteiger partial charge in [0.25, 0.3) is 0 Å². The molecule has 0 spiro atoms. The second-order valence-electron chi connectivity index (χ2n) is 6.00. The van der Waals surface area contributed by atoms with Gasteiger partial charge in [-0.15, -0.1) is 0 Å². The van der Waals surface area contributed by atoms with Gasteiger partial charge in [-0.25, -0.2) is 0 Å². The third-order valence-corrected chi connectivity index (χ3v) is 5.04. The molecule has 0 saturated carbocycles.